The minimum absolute atomic E-state index is 0.141. The molecular weight excluding hydrogens is 340 g/mol. The van der Waals surface area contributed by atoms with Crippen molar-refractivity contribution in [1.29, 1.82) is 0 Å². The number of para-hydroxylation sites is 2. The summed E-state index contributed by atoms with van der Waals surface area (Å²) in [6.45, 7) is 5.75. The van der Waals surface area contributed by atoms with E-state index in [9.17, 15) is 9.59 Å². The Morgan fingerprint density at radius 2 is 1.85 bits per heavy atom. The third-order valence-electron chi connectivity index (χ3n) is 5.66. The number of aromatic amines is 1. The summed E-state index contributed by atoms with van der Waals surface area (Å²) in [6.07, 6.45) is 2.24. The first-order valence-corrected chi connectivity index (χ1v) is 9.63. The zero-order valence-electron chi connectivity index (χ0n) is 16.0. The lowest BCUT2D eigenvalue weighted by Crippen LogP contribution is -2.44. The number of aromatic nitrogens is 1. The number of hydrogen-bond acceptors (Lipinski definition) is 4. The van der Waals surface area contributed by atoms with Crippen LogP contribution in [0.2, 0.25) is 0 Å². The van der Waals surface area contributed by atoms with Gasteiger partial charge in [0.15, 0.2) is 5.78 Å². The van der Waals surface area contributed by atoms with E-state index >= 15 is 0 Å². The van der Waals surface area contributed by atoms with E-state index in [2.05, 4.69) is 33.2 Å². The van der Waals surface area contributed by atoms with Gasteiger partial charge in [0, 0.05) is 43.9 Å². The Hall–Kier alpha value is -2.60. The number of nitrogens with zero attached hydrogens (tertiary/aromatic N) is 2. The van der Waals surface area contributed by atoms with Crippen LogP contribution in [0.15, 0.2) is 24.3 Å². The van der Waals surface area contributed by atoms with Gasteiger partial charge < -0.3 is 20.1 Å². The van der Waals surface area contributed by atoms with Gasteiger partial charge in [0.05, 0.1) is 11.4 Å². The number of Topliss-reactive ketones (excluding diaryl/α,β-unsaturated/α-hetero) is 1. The molecule has 0 radical (unpaired) electrons. The summed E-state index contributed by atoms with van der Waals surface area (Å²) in [5.41, 5.74) is 4.75. The van der Waals surface area contributed by atoms with Crippen LogP contribution in [0.4, 0.5) is 11.4 Å². The minimum atomic E-state index is -0.184. The second-order valence-corrected chi connectivity index (χ2v) is 7.52. The molecule has 0 saturated carbocycles. The van der Waals surface area contributed by atoms with E-state index in [1.165, 1.54) is 0 Å². The molecule has 1 fully saturated rings. The van der Waals surface area contributed by atoms with Crippen molar-refractivity contribution in [3.63, 3.8) is 0 Å². The highest BCUT2D eigenvalue weighted by molar-refractivity contribution is 6.09. The Bertz CT molecular complexity index is 878. The molecule has 1 aromatic heterocycles. The Morgan fingerprint density at radius 3 is 2.59 bits per heavy atom. The van der Waals surface area contributed by atoms with Crippen molar-refractivity contribution < 1.29 is 9.59 Å². The zero-order chi connectivity index (χ0) is 19.0. The lowest BCUT2D eigenvalue weighted by atomic mass is 9.94. The van der Waals surface area contributed by atoms with Crippen LogP contribution in [0.25, 0.3) is 0 Å². The number of ketones is 1. The van der Waals surface area contributed by atoms with Gasteiger partial charge in [0.25, 0.3) is 5.91 Å². The molecule has 0 spiro atoms. The molecule has 2 aliphatic rings. The van der Waals surface area contributed by atoms with Gasteiger partial charge in [-0.3, -0.25) is 9.59 Å². The summed E-state index contributed by atoms with van der Waals surface area (Å²) in [6, 6.07) is 7.93. The van der Waals surface area contributed by atoms with Crippen molar-refractivity contribution in [2.75, 3.05) is 43.4 Å². The van der Waals surface area contributed by atoms with E-state index < -0.39 is 0 Å². The second-order valence-electron chi connectivity index (χ2n) is 7.52. The van der Waals surface area contributed by atoms with Crippen LogP contribution in [0.3, 0.4) is 0 Å². The Balaban J connectivity index is 1.58. The third kappa shape index (κ3) is 3.37. The predicted octanol–water partition coefficient (Wildman–Crippen LogP) is 2.85. The van der Waals surface area contributed by atoms with Gasteiger partial charge in [-0.05, 0) is 44.5 Å². The van der Waals surface area contributed by atoms with Crippen molar-refractivity contribution in [3.05, 3.63) is 46.8 Å². The monoisotopic (exact) mass is 366 g/mol. The summed E-state index contributed by atoms with van der Waals surface area (Å²) in [7, 11) is 2.13. The van der Waals surface area contributed by atoms with Crippen molar-refractivity contribution in [1.82, 2.24) is 9.88 Å². The number of carbonyl (C=O) groups excluding carboxylic acids is 2. The van der Waals surface area contributed by atoms with Crippen LogP contribution in [0, 0.1) is 6.92 Å². The van der Waals surface area contributed by atoms with Gasteiger partial charge in [0.1, 0.15) is 5.69 Å². The zero-order valence-corrected chi connectivity index (χ0v) is 16.0. The smallest absolute Gasteiger partial charge is 0.272 e. The quantitative estimate of drug-likeness (QED) is 0.876. The molecule has 4 rings (SSSR count). The van der Waals surface area contributed by atoms with Crippen molar-refractivity contribution >= 4 is 23.1 Å². The average molecular weight is 366 g/mol. The highest BCUT2D eigenvalue weighted by Crippen LogP contribution is 2.29. The molecule has 27 heavy (non-hydrogen) atoms. The van der Waals surface area contributed by atoms with E-state index in [1.807, 2.05) is 25.1 Å². The second kappa shape index (κ2) is 7.19. The number of H-pyrrole nitrogens is 1. The van der Waals surface area contributed by atoms with Crippen molar-refractivity contribution in [2.45, 2.75) is 26.2 Å². The summed E-state index contributed by atoms with van der Waals surface area (Å²) in [5, 5.41) is 3.06. The van der Waals surface area contributed by atoms with Crippen LogP contribution in [-0.4, -0.2) is 54.8 Å². The molecule has 6 nitrogen and oxygen atoms in total. The number of likely N-dealkylation sites (N-methyl/N-ethyl adjacent to an activating group) is 1. The third-order valence-corrected chi connectivity index (χ3v) is 5.66. The number of rotatable bonds is 3. The molecule has 2 aromatic rings. The van der Waals surface area contributed by atoms with Crippen LogP contribution in [0.1, 0.15) is 44.9 Å². The fourth-order valence-corrected chi connectivity index (χ4v) is 4.09. The molecule has 0 atom stereocenters. The first-order valence-electron chi connectivity index (χ1n) is 9.63. The molecule has 1 aliphatic heterocycles. The van der Waals surface area contributed by atoms with Crippen molar-refractivity contribution in [3.8, 4) is 0 Å². The molecule has 1 aliphatic carbocycles. The largest absolute Gasteiger partial charge is 0.367 e. The molecule has 2 N–H and O–H groups in total. The van der Waals surface area contributed by atoms with E-state index in [4.69, 9.17) is 0 Å². The number of fused-ring (bicyclic) bond motifs is 1. The highest BCUT2D eigenvalue weighted by Gasteiger charge is 2.27. The number of nitrogens with one attached hydrogen (secondary N) is 2. The molecule has 1 amide bonds. The van der Waals surface area contributed by atoms with E-state index in [0.29, 0.717) is 12.1 Å². The highest BCUT2D eigenvalue weighted by atomic mass is 16.2. The van der Waals surface area contributed by atoms with E-state index in [1.54, 1.807) is 0 Å². The summed E-state index contributed by atoms with van der Waals surface area (Å²) < 4.78 is 0. The summed E-state index contributed by atoms with van der Waals surface area (Å²) >= 11 is 0. The fraction of sp³-hybridized carbons (Fsp3) is 0.429. The van der Waals surface area contributed by atoms with E-state index in [0.717, 1.165) is 67.2 Å². The fourth-order valence-electron chi connectivity index (χ4n) is 4.09. The normalized spacial score (nSPS) is 17.7. The lowest BCUT2D eigenvalue weighted by Gasteiger charge is -2.35. The van der Waals surface area contributed by atoms with E-state index in [-0.39, 0.29) is 11.7 Å². The van der Waals surface area contributed by atoms with Gasteiger partial charge in [0.2, 0.25) is 0 Å². The number of amides is 1. The van der Waals surface area contributed by atoms with Gasteiger partial charge in [-0.2, -0.15) is 0 Å². The first kappa shape index (κ1) is 17.8. The van der Waals surface area contributed by atoms with Crippen LogP contribution in [-0.2, 0) is 6.42 Å². The SMILES string of the molecule is Cc1c(C(=O)Nc2ccccc2N2CCN(C)CC2)[nH]c2c1C(=O)CCC2. The Labute approximate surface area is 159 Å². The van der Waals surface area contributed by atoms with Gasteiger partial charge in [-0.15, -0.1) is 0 Å². The number of anilines is 2. The maximum absolute atomic E-state index is 13.0. The number of hydrogen-bond donors (Lipinski definition) is 2. The van der Waals surface area contributed by atoms with Gasteiger partial charge in [-0.25, -0.2) is 0 Å². The first-order chi connectivity index (χ1) is 13.0. The molecule has 2 heterocycles. The molecule has 0 unspecified atom stereocenters. The number of piperazine rings is 1. The Morgan fingerprint density at radius 1 is 1.11 bits per heavy atom. The van der Waals surface area contributed by atoms with Gasteiger partial charge >= 0.3 is 0 Å². The molecular formula is C21H26N4O2. The number of carbonyl (C=O) groups is 2. The molecule has 142 valence electrons. The Kier molecular flexibility index (Phi) is 4.74. The van der Waals surface area contributed by atoms with Crippen LogP contribution in [0.5, 0.6) is 0 Å². The van der Waals surface area contributed by atoms with Crippen LogP contribution >= 0.6 is 0 Å². The van der Waals surface area contributed by atoms with Crippen molar-refractivity contribution in [2.24, 2.45) is 0 Å². The minimum Gasteiger partial charge on any atom is -0.367 e. The summed E-state index contributed by atoms with van der Waals surface area (Å²) in [5.74, 6) is -0.0434. The van der Waals surface area contributed by atoms with Crippen LogP contribution < -0.4 is 10.2 Å². The average Bonchev–Trinajstić information content (AvgIpc) is 3.01. The predicted molar refractivity (Wildman–Crippen MR) is 107 cm³/mol. The summed E-state index contributed by atoms with van der Waals surface area (Å²) in [4.78, 5) is 33.0. The standard InChI is InChI=1S/C21H26N4O2/c1-14-19-16(7-5-9-18(19)26)22-20(14)21(27)23-15-6-3-4-8-17(15)25-12-10-24(2)11-13-25/h3-4,6,8,22H,5,7,9-13H2,1-2H3,(H,23,27). The number of benzene rings is 1. The van der Waals surface area contributed by atoms with Gasteiger partial charge in [-0.1, -0.05) is 12.1 Å². The molecule has 6 heteroatoms. The molecule has 1 saturated heterocycles. The molecule has 0 bridgehead atoms. The maximum Gasteiger partial charge on any atom is 0.272 e. The number of aryl methyl sites for hydroxylation is 1. The molecule has 1 aromatic carbocycles. The topological polar surface area (TPSA) is 68.4 Å². The lowest BCUT2D eigenvalue weighted by molar-refractivity contribution is 0.0971. The maximum atomic E-state index is 13.0.